The maximum Gasteiger partial charge on any atom is 0.143 e. The second kappa shape index (κ2) is 6.66. The van der Waals surface area contributed by atoms with Gasteiger partial charge in [0.25, 0.3) is 0 Å². The first-order chi connectivity index (χ1) is 11.2. The van der Waals surface area contributed by atoms with Crippen LogP contribution >= 0.6 is 11.6 Å². The molecule has 1 atom stereocenters. The summed E-state index contributed by atoms with van der Waals surface area (Å²) in [5.41, 5.74) is 2.75. The number of rotatable bonds is 4. The highest BCUT2D eigenvalue weighted by atomic mass is 35.5. The second-order valence-corrected chi connectivity index (χ2v) is 5.55. The topological polar surface area (TPSA) is 68.9 Å². The van der Waals surface area contributed by atoms with Gasteiger partial charge in [0.15, 0.2) is 0 Å². The van der Waals surface area contributed by atoms with Gasteiger partial charge in [-0.2, -0.15) is 5.26 Å². The third-order valence-electron chi connectivity index (χ3n) is 3.62. The summed E-state index contributed by atoms with van der Waals surface area (Å²) in [7, 11) is 0. The largest absolute Gasteiger partial charge is 0.394 e. The molecule has 1 heterocycles. The Kier molecular flexibility index (Phi) is 4.42. The molecule has 2 N–H and O–H groups in total. The molecule has 4 nitrogen and oxygen atoms in total. The molecule has 5 heteroatoms. The number of aromatic nitrogens is 1. The quantitative estimate of drug-likeness (QED) is 0.764. The number of nitrogens with zero attached hydrogens (tertiary/aromatic N) is 2. The van der Waals surface area contributed by atoms with E-state index in [0.717, 1.165) is 22.2 Å². The predicted octanol–water partition coefficient (Wildman–Crippen LogP) is 3.91. The van der Waals surface area contributed by atoms with E-state index in [1.165, 1.54) is 0 Å². The third kappa shape index (κ3) is 3.26. The van der Waals surface area contributed by atoms with E-state index >= 15 is 0 Å². The second-order valence-electron chi connectivity index (χ2n) is 5.12. The van der Waals surface area contributed by atoms with Crippen molar-refractivity contribution < 1.29 is 5.11 Å². The molecule has 0 bridgehead atoms. The lowest BCUT2D eigenvalue weighted by atomic mass is 10.1. The Hall–Kier alpha value is -2.61. The van der Waals surface area contributed by atoms with Crippen LogP contribution in [0.15, 0.2) is 54.6 Å². The van der Waals surface area contributed by atoms with Gasteiger partial charge in [0, 0.05) is 16.1 Å². The molecule has 3 aromatic rings. The predicted molar refractivity (Wildman–Crippen MR) is 91.4 cm³/mol. The molecule has 0 aliphatic rings. The Balaban J connectivity index is 2.02. The standard InChI is InChI=1S/C18H14ClN3O/c19-13-7-5-12(6-8-13)18(11-23)22-17-9-14(10-20)21-16-4-2-1-3-15(16)17/h1-9,18,23H,11H2,(H,21,22). The summed E-state index contributed by atoms with van der Waals surface area (Å²) in [5, 5.41) is 23.7. The van der Waals surface area contributed by atoms with Crippen molar-refractivity contribution in [1.82, 2.24) is 4.98 Å². The molecule has 1 aromatic heterocycles. The van der Waals surface area contributed by atoms with Gasteiger partial charge in [-0.1, -0.05) is 41.9 Å². The zero-order valence-corrected chi connectivity index (χ0v) is 13.0. The molecule has 114 valence electrons. The average molecular weight is 324 g/mol. The van der Waals surface area contributed by atoms with E-state index in [4.69, 9.17) is 16.9 Å². The van der Waals surface area contributed by atoms with Crippen LogP contribution in [-0.2, 0) is 0 Å². The molecule has 1 unspecified atom stereocenters. The number of fused-ring (bicyclic) bond motifs is 1. The monoisotopic (exact) mass is 323 g/mol. The van der Waals surface area contributed by atoms with E-state index in [1.807, 2.05) is 36.4 Å². The van der Waals surface area contributed by atoms with Gasteiger partial charge >= 0.3 is 0 Å². The van der Waals surface area contributed by atoms with Crippen LogP contribution in [0.5, 0.6) is 0 Å². The van der Waals surface area contributed by atoms with Gasteiger partial charge in [-0.3, -0.25) is 0 Å². The van der Waals surface area contributed by atoms with Gasteiger partial charge in [0.05, 0.1) is 18.2 Å². The van der Waals surface area contributed by atoms with Crippen molar-refractivity contribution in [2.24, 2.45) is 0 Å². The third-order valence-corrected chi connectivity index (χ3v) is 3.87. The van der Waals surface area contributed by atoms with Crippen LogP contribution < -0.4 is 5.32 Å². The van der Waals surface area contributed by atoms with Crippen molar-refractivity contribution in [2.75, 3.05) is 11.9 Å². The SMILES string of the molecule is N#Cc1cc(NC(CO)c2ccc(Cl)cc2)c2ccccc2n1. The Labute approximate surface area is 139 Å². The number of anilines is 1. The molecule has 0 amide bonds. The average Bonchev–Trinajstić information content (AvgIpc) is 2.60. The molecule has 3 rings (SSSR count). The first-order valence-corrected chi connectivity index (χ1v) is 7.52. The number of aliphatic hydroxyl groups excluding tert-OH is 1. The number of benzene rings is 2. The van der Waals surface area contributed by atoms with E-state index < -0.39 is 0 Å². The van der Waals surface area contributed by atoms with Crippen molar-refractivity contribution in [3.8, 4) is 6.07 Å². The zero-order valence-electron chi connectivity index (χ0n) is 12.2. The number of nitriles is 1. The lowest BCUT2D eigenvalue weighted by Crippen LogP contribution is -2.15. The molecule has 0 saturated carbocycles. The molecule has 0 fully saturated rings. The Bertz CT molecular complexity index is 872. The summed E-state index contributed by atoms with van der Waals surface area (Å²) < 4.78 is 0. The number of hydrogen-bond acceptors (Lipinski definition) is 4. The molecular weight excluding hydrogens is 310 g/mol. The summed E-state index contributed by atoms with van der Waals surface area (Å²) >= 11 is 5.91. The van der Waals surface area contributed by atoms with Gasteiger partial charge < -0.3 is 10.4 Å². The Morgan fingerprint density at radius 2 is 1.91 bits per heavy atom. The minimum atomic E-state index is -0.301. The van der Waals surface area contributed by atoms with E-state index in [1.54, 1.807) is 18.2 Å². The Morgan fingerprint density at radius 3 is 2.61 bits per heavy atom. The fourth-order valence-electron chi connectivity index (χ4n) is 2.47. The molecule has 0 radical (unpaired) electrons. The summed E-state index contributed by atoms with van der Waals surface area (Å²) in [6, 6.07) is 18.3. The van der Waals surface area contributed by atoms with Gasteiger partial charge in [-0.25, -0.2) is 4.98 Å². The van der Waals surface area contributed by atoms with Crippen molar-refractivity contribution in [3.63, 3.8) is 0 Å². The normalized spacial score (nSPS) is 11.9. The molecular formula is C18H14ClN3O. The van der Waals surface area contributed by atoms with Crippen molar-refractivity contribution in [2.45, 2.75) is 6.04 Å². The lowest BCUT2D eigenvalue weighted by molar-refractivity contribution is 0.276. The smallest absolute Gasteiger partial charge is 0.143 e. The minimum absolute atomic E-state index is 0.0832. The number of para-hydroxylation sites is 1. The lowest BCUT2D eigenvalue weighted by Gasteiger charge is -2.19. The van der Waals surface area contributed by atoms with E-state index in [2.05, 4.69) is 16.4 Å². The van der Waals surface area contributed by atoms with Crippen LogP contribution in [0.3, 0.4) is 0 Å². The molecule has 0 aliphatic heterocycles. The first-order valence-electron chi connectivity index (χ1n) is 7.14. The molecule has 0 aliphatic carbocycles. The highest BCUT2D eigenvalue weighted by Gasteiger charge is 2.13. The van der Waals surface area contributed by atoms with Crippen molar-refractivity contribution >= 4 is 28.2 Å². The van der Waals surface area contributed by atoms with Crippen molar-refractivity contribution in [1.29, 1.82) is 5.26 Å². The zero-order chi connectivity index (χ0) is 16.2. The summed E-state index contributed by atoms with van der Waals surface area (Å²) in [5.74, 6) is 0. The highest BCUT2D eigenvalue weighted by molar-refractivity contribution is 6.30. The van der Waals surface area contributed by atoms with Crippen LogP contribution in [0, 0.1) is 11.3 Å². The van der Waals surface area contributed by atoms with Crippen LogP contribution in [0.25, 0.3) is 10.9 Å². The number of halogens is 1. The Morgan fingerprint density at radius 1 is 1.17 bits per heavy atom. The summed E-state index contributed by atoms with van der Waals surface area (Å²) in [6.07, 6.45) is 0. The number of aliphatic hydroxyl groups is 1. The first kappa shape index (κ1) is 15.3. The number of nitrogens with one attached hydrogen (secondary N) is 1. The molecule has 23 heavy (non-hydrogen) atoms. The van der Waals surface area contributed by atoms with Crippen LogP contribution in [-0.4, -0.2) is 16.7 Å². The molecule has 0 spiro atoms. The number of hydrogen-bond donors (Lipinski definition) is 2. The van der Waals surface area contributed by atoms with E-state index in [9.17, 15) is 5.11 Å². The van der Waals surface area contributed by atoms with Gasteiger partial charge in [0.1, 0.15) is 11.8 Å². The fourth-order valence-corrected chi connectivity index (χ4v) is 2.60. The minimum Gasteiger partial charge on any atom is -0.394 e. The van der Waals surface area contributed by atoms with Crippen LogP contribution in [0.4, 0.5) is 5.69 Å². The van der Waals surface area contributed by atoms with E-state index in [0.29, 0.717) is 10.7 Å². The van der Waals surface area contributed by atoms with Crippen LogP contribution in [0.2, 0.25) is 5.02 Å². The van der Waals surface area contributed by atoms with Gasteiger partial charge in [-0.05, 0) is 29.8 Å². The summed E-state index contributed by atoms with van der Waals surface area (Å²) in [4.78, 5) is 4.29. The van der Waals surface area contributed by atoms with Crippen LogP contribution in [0.1, 0.15) is 17.3 Å². The van der Waals surface area contributed by atoms with Gasteiger partial charge in [0.2, 0.25) is 0 Å². The fraction of sp³-hybridized carbons (Fsp3) is 0.111. The molecule has 0 saturated heterocycles. The molecule has 2 aromatic carbocycles. The van der Waals surface area contributed by atoms with E-state index in [-0.39, 0.29) is 12.6 Å². The number of pyridine rings is 1. The summed E-state index contributed by atoms with van der Waals surface area (Å²) in [6.45, 7) is -0.0832. The maximum absolute atomic E-state index is 9.73. The van der Waals surface area contributed by atoms with Crippen molar-refractivity contribution in [3.05, 3.63) is 70.9 Å². The maximum atomic E-state index is 9.73. The highest BCUT2D eigenvalue weighted by Crippen LogP contribution is 2.27. The van der Waals surface area contributed by atoms with Gasteiger partial charge in [-0.15, -0.1) is 0 Å².